The van der Waals surface area contributed by atoms with E-state index in [9.17, 15) is 18.0 Å². The van der Waals surface area contributed by atoms with Gasteiger partial charge in [0.25, 0.3) is 0 Å². The Balaban J connectivity index is 1.73. The number of carbonyl (C=O) groups excluding carboxylic acids is 1. The molecule has 2 aromatic carbocycles. The van der Waals surface area contributed by atoms with Crippen LogP contribution < -0.4 is 9.64 Å². The van der Waals surface area contributed by atoms with E-state index in [1.54, 1.807) is 6.92 Å². The smallest absolute Gasteiger partial charge is 0.416 e. The van der Waals surface area contributed by atoms with Gasteiger partial charge in [-0.25, -0.2) is 0 Å². The van der Waals surface area contributed by atoms with Crippen molar-refractivity contribution >= 4 is 11.6 Å². The first-order valence-electron chi connectivity index (χ1n) is 9.98. The Kier molecular flexibility index (Phi) is 6.58. The number of piperidine rings is 1. The molecule has 0 radical (unpaired) electrons. The van der Waals surface area contributed by atoms with E-state index in [-0.39, 0.29) is 17.7 Å². The van der Waals surface area contributed by atoms with E-state index >= 15 is 0 Å². The maximum absolute atomic E-state index is 12.8. The second-order valence-corrected chi connectivity index (χ2v) is 7.94. The molecule has 1 aliphatic heterocycles. The van der Waals surface area contributed by atoms with Crippen LogP contribution in [0, 0.1) is 5.92 Å². The van der Waals surface area contributed by atoms with Crippen molar-refractivity contribution in [1.29, 1.82) is 0 Å². The van der Waals surface area contributed by atoms with Gasteiger partial charge in [-0.3, -0.25) is 4.79 Å². The Labute approximate surface area is 175 Å². The topological polar surface area (TPSA) is 32.8 Å². The summed E-state index contributed by atoms with van der Waals surface area (Å²) in [5.41, 5.74) is 1.59. The van der Waals surface area contributed by atoms with Crippen LogP contribution in [0.25, 0.3) is 0 Å². The minimum absolute atomic E-state index is 0.0240. The molecule has 1 aliphatic rings. The average Bonchev–Trinajstić information content (AvgIpc) is 2.71. The molecule has 0 spiro atoms. The predicted molar refractivity (Wildman–Crippen MR) is 111 cm³/mol. The van der Waals surface area contributed by atoms with Crippen LogP contribution in [0.5, 0.6) is 5.75 Å². The van der Waals surface area contributed by atoms with E-state index in [4.69, 9.17) is 4.74 Å². The van der Waals surface area contributed by atoms with Crippen molar-refractivity contribution in [2.24, 2.45) is 5.92 Å². The van der Waals surface area contributed by atoms with Crippen molar-refractivity contribution < 1.29 is 22.7 Å². The molecule has 1 amide bonds. The van der Waals surface area contributed by atoms with Crippen LogP contribution in [0.2, 0.25) is 0 Å². The van der Waals surface area contributed by atoms with Crippen LogP contribution in [-0.2, 0) is 11.0 Å². The van der Waals surface area contributed by atoms with Crippen molar-refractivity contribution in [2.75, 3.05) is 38.7 Å². The van der Waals surface area contributed by atoms with Gasteiger partial charge in [-0.1, -0.05) is 12.1 Å². The van der Waals surface area contributed by atoms with E-state index < -0.39 is 11.7 Å². The molecule has 30 heavy (non-hydrogen) atoms. The predicted octanol–water partition coefficient (Wildman–Crippen LogP) is 4.80. The van der Waals surface area contributed by atoms with Gasteiger partial charge in [0, 0.05) is 45.7 Å². The van der Waals surface area contributed by atoms with Crippen LogP contribution in [0.3, 0.4) is 0 Å². The second kappa shape index (κ2) is 8.98. The summed E-state index contributed by atoms with van der Waals surface area (Å²) < 4.78 is 44.1. The Hall–Kier alpha value is -2.70. The second-order valence-electron chi connectivity index (χ2n) is 7.94. The molecule has 1 heterocycles. The lowest BCUT2D eigenvalue weighted by Gasteiger charge is -2.38. The van der Waals surface area contributed by atoms with Gasteiger partial charge >= 0.3 is 6.18 Å². The first-order valence-corrected chi connectivity index (χ1v) is 9.98. The zero-order valence-corrected chi connectivity index (χ0v) is 17.4. The minimum Gasteiger partial charge on any atom is -0.493 e. The van der Waals surface area contributed by atoms with Crippen LogP contribution >= 0.6 is 0 Å². The molecule has 162 valence electrons. The number of rotatable bonds is 5. The molecule has 0 N–H and O–H groups in total. The summed E-state index contributed by atoms with van der Waals surface area (Å²) in [6.07, 6.45) is -3.55. The number of nitrogens with zero attached hydrogens (tertiary/aromatic N) is 2. The lowest BCUT2D eigenvalue weighted by molar-refractivity contribution is -0.137. The Morgan fingerprint density at radius 1 is 1.10 bits per heavy atom. The normalized spacial score (nSPS) is 19.5. The van der Waals surface area contributed by atoms with Crippen molar-refractivity contribution in [2.45, 2.75) is 25.4 Å². The fourth-order valence-corrected chi connectivity index (χ4v) is 3.89. The van der Waals surface area contributed by atoms with Crippen molar-refractivity contribution in [1.82, 2.24) is 4.90 Å². The highest BCUT2D eigenvalue weighted by Gasteiger charge is 2.33. The van der Waals surface area contributed by atoms with Gasteiger partial charge in [0.05, 0.1) is 12.2 Å². The fourth-order valence-electron chi connectivity index (χ4n) is 3.89. The molecule has 1 fully saturated rings. The summed E-state index contributed by atoms with van der Waals surface area (Å²) >= 11 is 0. The highest BCUT2D eigenvalue weighted by molar-refractivity contribution is 5.73. The average molecular weight is 420 g/mol. The quantitative estimate of drug-likeness (QED) is 0.697. The standard InChI is InChI=1S/C23H27F3N2O2/c1-16(29)28-13-12-22(17-4-8-20(9-5-17)27(2)3)18(14-28)15-30-21-10-6-19(7-11-21)23(24,25)26/h4-11,18,22H,12-15H2,1-3H3. The molecule has 2 aromatic rings. The largest absolute Gasteiger partial charge is 0.493 e. The van der Waals surface area contributed by atoms with E-state index in [1.165, 1.54) is 17.7 Å². The number of amides is 1. The number of alkyl halides is 3. The monoisotopic (exact) mass is 420 g/mol. The SMILES string of the molecule is CC(=O)N1CCC(c2ccc(N(C)C)cc2)C(COc2ccc(C(F)(F)F)cc2)C1. The van der Waals surface area contributed by atoms with Gasteiger partial charge < -0.3 is 14.5 Å². The van der Waals surface area contributed by atoms with E-state index in [0.29, 0.717) is 25.4 Å². The van der Waals surface area contributed by atoms with Crippen LogP contribution in [0.15, 0.2) is 48.5 Å². The maximum Gasteiger partial charge on any atom is 0.416 e. The number of anilines is 1. The van der Waals surface area contributed by atoms with Crippen LogP contribution in [0.1, 0.15) is 30.4 Å². The highest BCUT2D eigenvalue weighted by atomic mass is 19.4. The summed E-state index contributed by atoms with van der Waals surface area (Å²) in [5.74, 6) is 0.682. The molecule has 0 aliphatic carbocycles. The van der Waals surface area contributed by atoms with Gasteiger partial charge in [-0.2, -0.15) is 13.2 Å². The zero-order valence-electron chi connectivity index (χ0n) is 17.4. The van der Waals surface area contributed by atoms with Crippen molar-refractivity contribution in [3.05, 3.63) is 59.7 Å². The molecule has 4 nitrogen and oxygen atoms in total. The highest BCUT2D eigenvalue weighted by Crippen LogP contribution is 2.35. The Morgan fingerprint density at radius 3 is 2.27 bits per heavy atom. The number of hydrogen-bond donors (Lipinski definition) is 0. The number of benzene rings is 2. The number of carbonyl (C=O) groups is 1. The molecule has 0 aromatic heterocycles. The molecule has 0 saturated carbocycles. The van der Waals surface area contributed by atoms with Crippen molar-refractivity contribution in [3.8, 4) is 5.75 Å². The van der Waals surface area contributed by atoms with Gasteiger partial charge in [0.2, 0.25) is 5.91 Å². The third-order valence-electron chi connectivity index (χ3n) is 5.66. The number of hydrogen-bond acceptors (Lipinski definition) is 3. The third kappa shape index (κ3) is 5.26. The van der Waals surface area contributed by atoms with Crippen LogP contribution in [0.4, 0.5) is 18.9 Å². The first kappa shape index (κ1) is 22.0. The van der Waals surface area contributed by atoms with E-state index in [1.807, 2.05) is 23.9 Å². The molecule has 2 atom stereocenters. The zero-order chi connectivity index (χ0) is 21.9. The third-order valence-corrected chi connectivity index (χ3v) is 5.66. The summed E-state index contributed by atoms with van der Waals surface area (Å²) in [5, 5.41) is 0. The van der Waals surface area contributed by atoms with E-state index in [2.05, 4.69) is 24.3 Å². The van der Waals surface area contributed by atoms with Gasteiger partial charge in [0.15, 0.2) is 0 Å². The molecular formula is C23H27F3N2O2. The summed E-state index contributed by atoms with van der Waals surface area (Å²) in [7, 11) is 3.97. The minimum atomic E-state index is -4.37. The number of halogens is 3. The molecule has 0 bridgehead atoms. The summed E-state index contributed by atoms with van der Waals surface area (Å²) in [6.45, 7) is 3.14. The molecule has 7 heteroatoms. The maximum atomic E-state index is 12.8. The Morgan fingerprint density at radius 2 is 1.73 bits per heavy atom. The van der Waals surface area contributed by atoms with Crippen LogP contribution in [-0.4, -0.2) is 44.6 Å². The molecule has 1 saturated heterocycles. The molecular weight excluding hydrogens is 393 g/mol. The lowest BCUT2D eigenvalue weighted by Crippen LogP contribution is -2.44. The molecule has 3 rings (SSSR count). The number of ether oxygens (including phenoxy) is 1. The molecule has 2 unspecified atom stereocenters. The van der Waals surface area contributed by atoms with Crippen molar-refractivity contribution in [3.63, 3.8) is 0 Å². The lowest BCUT2D eigenvalue weighted by atomic mass is 9.80. The summed E-state index contributed by atoms with van der Waals surface area (Å²) in [6, 6.07) is 13.1. The van der Waals surface area contributed by atoms with Gasteiger partial charge in [-0.05, 0) is 54.3 Å². The van der Waals surface area contributed by atoms with E-state index in [0.717, 1.165) is 24.2 Å². The fraction of sp³-hybridized carbons (Fsp3) is 0.435. The summed E-state index contributed by atoms with van der Waals surface area (Å²) in [4.78, 5) is 15.7. The number of likely N-dealkylation sites (tertiary alicyclic amines) is 1. The van der Waals surface area contributed by atoms with Gasteiger partial charge in [0.1, 0.15) is 5.75 Å². The van der Waals surface area contributed by atoms with Gasteiger partial charge in [-0.15, -0.1) is 0 Å². The first-order chi connectivity index (χ1) is 14.1. The Bertz CT molecular complexity index is 848.